The van der Waals surface area contributed by atoms with Gasteiger partial charge in [0.25, 0.3) is 0 Å². The molecule has 2 heterocycles. The maximum atomic E-state index is 12.4. The molecule has 0 bridgehead atoms. The number of hydrogen-bond donors (Lipinski definition) is 0. The molecule has 7 nitrogen and oxygen atoms in total. The average molecular weight is 551 g/mol. The van der Waals surface area contributed by atoms with Crippen molar-refractivity contribution >= 4 is 40.3 Å². The highest BCUT2D eigenvalue weighted by molar-refractivity contribution is 6.83. The normalized spacial score (nSPS) is 35.8. The number of carbonyl (C=O) groups excluding carboxylic acids is 4. The molecule has 2 aliphatic heterocycles. The molecular formula is C28H46O7Si2. The van der Waals surface area contributed by atoms with Crippen molar-refractivity contribution in [2.45, 2.75) is 121 Å². The molecule has 2 aliphatic carbocycles. The predicted octanol–water partition coefficient (Wildman–Crippen LogP) is 5.78. The highest BCUT2D eigenvalue weighted by atomic mass is 28.4. The van der Waals surface area contributed by atoms with Gasteiger partial charge in [-0.05, 0) is 75.0 Å². The van der Waals surface area contributed by atoms with Crippen molar-refractivity contribution in [2.24, 2.45) is 29.6 Å². The Morgan fingerprint density at radius 1 is 0.730 bits per heavy atom. The van der Waals surface area contributed by atoms with Gasteiger partial charge in [-0.2, -0.15) is 0 Å². The Hall–Kier alpha value is -1.33. The van der Waals surface area contributed by atoms with Crippen LogP contribution < -0.4 is 0 Å². The van der Waals surface area contributed by atoms with Crippen molar-refractivity contribution in [3.8, 4) is 0 Å². The van der Waals surface area contributed by atoms with Crippen LogP contribution in [0.25, 0.3) is 0 Å². The fourth-order valence-corrected chi connectivity index (χ4v) is 17.1. The van der Waals surface area contributed by atoms with Crippen LogP contribution in [-0.2, 0) is 33.1 Å². The molecule has 0 amide bonds. The van der Waals surface area contributed by atoms with Crippen molar-refractivity contribution in [1.82, 2.24) is 0 Å². The second-order valence-electron chi connectivity index (χ2n) is 13.6. The third kappa shape index (κ3) is 4.50. The van der Waals surface area contributed by atoms with Gasteiger partial charge in [-0.1, -0.05) is 46.7 Å². The number of cyclic esters (lactones) is 4. The minimum Gasteiger partial charge on any atom is -0.414 e. The Labute approximate surface area is 223 Å². The molecule has 0 spiro atoms. The summed E-state index contributed by atoms with van der Waals surface area (Å²) in [5.74, 6) is -2.19. The lowest BCUT2D eigenvalue weighted by Gasteiger charge is -2.57. The van der Waals surface area contributed by atoms with Crippen LogP contribution in [0.5, 0.6) is 0 Å². The topological polar surface area (TPSA) is 96.0 Å². The third-order valence-electron chi connectivity index (χ3n) is 11.9. The van der Waals surface area contributed by atoms with E-state index in [0.717, 1.165) is 38.5 Å². The lowest BCUT2D eigenvalue weighted by molar-refractivity contribution is -0.155. The molecule has 2 saturated heterocycles. The molecule has 4 aliphatic rings. The summed E-state index contributed by atoms with van der Waals surface area (Å²) in [6, 6.07) is 0. The second kappa shape index (κ2) is 9.70. The van der Waals surface area contributed by atoms with E-state index in [2.05, 4.69) is 53.9 Å². The Balaban J connectivity index is 1.56. The zero-order valence-electron chi connectivity index (χ0n) is 24.0. The van der Waals surface area contributed by atoms with Gasteiger partial charge in [-0.15, -0.1) is 0 Å². The van der Waals surface area contributed by atoms with Gasteiger partial charge in [-0.3, -0.25) is 19.2 Å². The molecule has 0 radical (unpaired) electrons. The fourth-order valence-electron chi connectivity index (χ4n) is 8.14. The SMILES string of the molecule is CCC(C)(C1CCC2C(=O)OC(=O)C2C1)[Si](C)(C)OC(C)(CC)[Si](C)(C)C1CCC2C(=O)OC(=O)C2C1. The Morgan fingerprint density at radius 3 is 1.73 bits per heavy atom. The van der Waals surface area contributed by atoms with E-state index in [1.165, 1.54) is 0 Å². The minimum atomic E-state index is -2.36. The maximum absolute atomic E-state index is 12.4. The van der Waals surface area contributed by atoms with Gasteiger partial charge in [0, 0.05) is 5.22 Å². The van der Waals surface area contributed by atoms with Crippen LogP contribution >= 0.6 is 0 Å². The first-order chi connectivity index (χ1) is 17.1. The summed E-state index contributed by atoms with van der Waals surface area (Å²) < 4.78 is 17.4. The van der Waals surface area contributed by atoms with Crippen LogP contribution in [0.1, 0.15) is 79.1 Å². The zero-order chi connectivity index (χ0) is 27.6. The summed E-state index contributed by atoms with van der Waals surface area (Å²) in [7, 11) is -4.44. The highest BCUT2D eigenvalue weighted by Crippen LogP contribution is 2.58. The molecule has 0 N–H and O–H groups in total. The summed E-state index contributed by atoms with van der Waals surface area (Å²) in [6.07, 6.45) is 6.57. The quantitative estimate of drug-likeness (QED) is 0.215. The van der Waals surface area contributed by atoms with E-state index in [1.54, 1.807) is 0 Å². The fraction of sp³-hybridized carbons (Fsp3) is 0.857. The number of ether oxygens (including phenoxy) is 2. The molecule has 0 aromatic rings. The van der Waals surface area contributed by atoms with E-state index in [0.29, 0.717) is 24.3 Å². The number of esters is 4. The van der Waals surface area contributed by atoms with Crippen LogP contribution in [0.2, 0.25) is 36.8 Å². The first kappa shape index (κ1) is 28.7. The van der Waals surface area contributed by atoms with E-state index in [9.17, 15) is 19.2 Å². The van der Waals surface area contributed by atoms with Crippen molar-refractivity contribution in [2.75, 3.05) is 0 Å². The van der Waals surface area contributed by atoms with Crippen LogP contribution in [0, 0.1) is 29.6 Å². The summed E-state index contributed by atoms with van der Waals surface area (Å²) in [6.45, 7) is 18.6. The average Bonchev–Trinajstić information content (AvgIpc) is 3.30. The summed E-state index contributed by atoms with van der Waals surface area (Å²) in [4.78, 5) is 49.1. The number of rotatable bonds is 8. The molecule has 4 fully saturated rings. The Morgan fingerprint density at radius 2 is 1.22 bits per heavy atom. The van der Waals surface area contributed by atoms with Gasteiger partial charge in [0.2, 0.25) is 0 Å². The molecule has 208 valence electrons. The van der Waals surface area contributed by atoms with E-state index in [-0.39, 0.29) is 57.8 Å². The van der Waals surface area contributed by atoms with Crippen molar-refractivity contribution < 1.29 is 33.1 Å². The number of carbonyl (C=O) groups is 4. The molecule has 37 heavy (non-hydrogen) atoms. The van der Waals surface area contributed by atoms with Crippen LogP contribution in [-0.4, -0.2) is 45.5 Å². The summed E-state index contributed by atoms with van der Waals surface area (Å²) in [5.41, 5.74) is 0.379. The number of fused-ring (bicyclic) bond motifs is 2. The molecule has 8 atom stereocenters. The molecule has 4 rings (SSSR count). The summed E-state index contributed by atoms with van der Waals surface area (Å²) in [5, 5.41) is -0.354. The van der Waals surface area contributed by atoms with Crippen LogP contribution in [0.3, 0.4) is 0 Å². The predicted molar refractivity (Wildman–Crippen MR) is 145 cm³/mol. The zero-order valence-corrected chi connectivity index (χ0v) is 26.0. The molecule has 8 unspecified atom stereocenters. The van der Waals surface area contributed by atoms with Gasteiger partial charge in [-0.25, -0.2) is 0 Å². The molecule has 0 aromatic carbocycles. The van der Waals surface area contributed by atoms with E-state index in [4.69, 9.17) is 13.9 Å². The Bertz CT molecular complexity index is 978. The van der Waals surface area contributed by atoms with Gasteiger partial charge in [0.1, 0.15) is 0 Å². The van der Waals surface area contributed by atoms with Crippen molar-refractivity contribution in [3.63, 3.8) is 0 Å². The lowest BCUT2D eigenvalue weighted by Crippen LogP contribution is -2.64. The van der Waals surface area contributed by atoms with Crippen molar-refractivity contribution in [3.05, 3.63) is 0 Å². The maximum Gasteiger partial charge on any atom is 0.317 e. The van der Waals surface area contributed by atoms with Gasteiger partial charge in [0.05, 0.1) is 31.7 Å². The monoisotopic (exact) mass is 550 g/mol. The second-order valence-corrected chi connectivity index (χ2v) is 23.3. The molecule has 0 aromatic heterocycles. The molecular weight excluding hydrogens is 504 g/mol. The smallest absolute Gasteiger partial charge is 0.317 e. The van der Waals surface area contributed by atoms with E-state index < -0.39 is 16.4 Å². The van der Waals surface area contributed by atoms with Gasteiger partial charge >= 0.3 is 23.9 Å². The molecule has 2 saturated carbocycles. The first-order valence-corrected chi connectivity index (χ1v) is 20.3. The lowest BCUT2D eigenvalue weighted by atomic mass is 9.70. The van der Waals surface area contributed by atoms with Crippen molar-refractivity contribution in [1.29, 1.82) is 0 Å². The van der Waals surface area contributed by atoms with Gasteiger partial charge < -0.3 is 13.9 Å². The first-order valence-electron chi connectivity index (χ1n) is 14.3. The molecule has 9 heteroatoms. The minimum absolute atomic E-state index is 0.0653. The van der Waals surface area contributed by atoms with E-state index >= 15 is 0 Å². The number of hydrogen-bond acceptors (Lipinski definition) is 7. The summed E-state index contributed by atoms with van der Waals surface area (Å²) >= 11 is 0. The van der Waals surface area contributed by atoms with Crippen LogP contribution in [0.15, 0.2) is 0 Å². The Kier molecular flexibility index (Phi) is 7.52. The third-order valence-corrected chi connectivity index (χ3v) is 22.3. The van der Waals surface area contributed by atoms with Crippen LogP contribution in [0.4, 0.5) is 0 Å². The highest BCUT2D eigenvalue weighted by Gasteiger charge is 2.60. The van der Waals surface area contributed by atoms with Gasteiger partial charge in [0.15, 0.2) is 8.32 Å². The standard InChI is InChI=1S/C28H46O7Si2/c1-9-27(3,17-11-13-19-21(15-17)25(31)33-23(19)29)37(7,8)35-28(4,10-2)36(5,6)18-12-14-20-22(16-18)26(32)34-24(20)30/h17-22H,9-16H2,1-8H3. The largest absolute Gasteiger partial charge is 0.414 e. The van der Waals surface area contributed by atoms with E-state index in [1.807, 2.05) is 0 Å².